The highest BCUT2D eigenvalue weighted by Gasteiger charge is 2.07. The zero-order valence-corrected chi connectivity index (χ0v) is 15.3. The van der Waals surface area contributed by atoms with Gasteiger partial charge in [-0.25, -0.2) is 0 Å². The Morgan fingerprint density at radius 1 is 1.00 bits per heavy atom. The van der Waals surface area contributed by atoms with Gasteiger partial charge >= 0.3 is 0 Å². The van der Waals surface area contributed by atoms with E-state index in [0.29, 0.717) is 5.11 Å². The number of benzene rings is 2. The number of aromatic nitrogens is 2. The largest absolute Gasteiger partial charge is 0.332 e. The minimum absolute atomic E-state index is 0.536. The number of anilines is 2. The molecule has 0 fully saturated rings. The van der Waals surface area contributed by atoms with Gasteiger partial charge in [0.05, 0.1) is 6.54 Å². The maximum absolute atomic E-state index is 5.39. The van der Waals surface area contributed by atoms with Crippen LogP contribution in [0.25, 0.3) is 0 Å². The Bertz CT molecular complexity index is 838. The standard InChI is InChI=1S/C20H22N4S/c1-3-16-9-11-18(12-10-16)21-20(25)22-19-13-15(2)24(23-19)14-17-7-5-4-6-8-17/h4-13H,3,14H2,1-2H3,(H2,21,22,23,25). The summed E-state index contributed by atoms with van der Waals surface area (Å²) in [6.45, 7) is 4.93. The molecule has 0 spiro atoms. The van der Waals surface area contributed by atoms with Gasteiger partial charge in [0, 0.05) is 17.4 Å². The summed E-state index contributed by atoms with van der Waals surface area (Å²) in [6, 6.07) is 20.6. The molecule has 128 valence electrons. The third kappa shape index (κ3) is 4.67. The molecule has 0 unspecified atom stereocenters. The van der Waals surface area contributed by atoms with Crippen molar-refractivity contribution in [2.24, 2.45) is 0 Å². The first-order chi connectivity index (χ1) is 12.1. The third-order valence-electron chi connectivity index (χ3n) is 4.02. The van der Waals surface area contributed by atoms with E-state index < -0.39 is 0 Å². The Morgan fingerprint density at radius 3 is 2.40 bits per heavy atom. The van der Waals surface area contributed by atoms with Crippen LogP contribution in [-0.2, 0) is 13.0 Å². The van der Waals surface area contributed by atoms with Gasteiger partial charge < -0.3 is 10.6 Å². The molecule has 2 N–H and O–H groups in total. The Balaban J connectivity index is 1.62. The van der Waals surface area contributed by atoms with Crippen molar-refractivity contribution < 1.29 is 0 Å². The van der Waals surface area contributed by atoms with Gasteiger partial charge in [-0.1, -0.05) is 49.4 Å². The molecule has 3 aromatic rings. The Hall–Kier alpha value is -2.66. The number of thiocarbonyl (C=S) groups is 1. The van der Waals surface area contributed by atoms with Crippen molar-refractivity contribution in [2.75, 3.05) is 10.6 Å². The van der Waals surface area contributed by atoms with Crippen LogP contribution in [0.3, 0.4) is 0 Å². The van der Waals surface area contributed by atoms with Gasteiger partial charge in [0.25, 0.3) is 0 Å². The molecule has 0 aliphatic heterocycles. The predicted octanol–water partition coefficient (Wildman–Crippen LogP) is 4.61. The van der Waals surface area contributed by atoms with Gasteiger partial charge in [0.2, 0.25) is 0 Å². The molecule has 1 heterocycles. The first kappa shape index (κ1) is 17.2. The second-order valence-electron chi connectivity index (χ2n) is 5.94. The average Bonchev–Trinajstić information content (AvgIpc) is 2.95. The average molecular weight is 350 g/mol. The number of rotatable bonds is 5. The van der Waals surface area contributed by atoms with Crippen molar-refractivity contribution >= 4 is 28.8 Å². The van der Waals surface area contributed by atoms with E-state index in [0.717, 1.165) is 30.2 Å². The summed E-state index contributed by atoms with van der Waals surface area (Å²) >= 11 is 5.39. The van der Waals surface area contributed by atoms with Gasteiger partial charge in [0.1, 0.15) is 0 Å². The van der Waals surface area contributed by atoms with Crippen molar-refractivity contribution in [1.29, 1.82) is 0 Å². The molecular weight excluding hydrogens is 328 g/mol. The fraction of sp³-hybridized carbons (Fsp3) is 0.200. The lowest BCUT2D eigenvalue weighted by atomic mass is 10.1. The minimum atomic E-state index is 0.536. The van der Waals surface area contributed by atoms with Crippen molar-refractivity contribution in [1.82, 2.24) is 9.78 Å². The van der Waals surface area contributed by atoms with Crippen LogP contribution in [0.2, 0.25) is 0 Å². The second kappa shape index (κ2) is 7.94. The lowest BCUT2D eigenvalue weighted by Crippen LogP contribution is -2.19. The molecule has 0 bridgehead atoms. The van der Waals surface area contributed by atoms with E-state index in [4.69, 9.17) is 12.2 Å². The summed E-state index contributed by atoms with van der Waals surface area (Å²) in [4.78, 5) is 0. The second-order valence-corrected chi connectivity index (χ2v) is 6.35. The minimum Gasteiger partial charge on any atom is -0.332 e. The van der Waals surface area contributed by atoms with Gasteiger partial charge in [-0.2, -0.15) is 5.10 Å². The Kier molecular flexibility index (Phi) is 5.46. The van der Waals surface area contributed by atoms with Gasteiger partial charge in [-0.05, 0) is 48.8 Å². The van der Waals surface area contributed by atoms with Crippen LogP contribution in [0.5, 0.6) is 0 Å². The van der Waals surface area contributed by atoms with E-state index >= 15 is 0 Å². The summed E-state index contributed by atoms with van der Waals surface area (Å²) < 4.78 is 1.97. The topological polar surface area (TPSA) is 41.9 Å². The fourth-order valence-electron chi connectivity index (χ4n) is 2.59. The van der Waals surface area contributed by atoms with Crippen LogP contribution in [0.15, 0.2) is 60.7 Å². The number of aryl methyl sites for hydroxylation is 2. The summed E-state index contributed by atoms with van der Waals surface area (Å²) in [5.41, 5.74) is 4.58. The third-order valence-corrected chi connectivity index (χ3v) is 4.22. The van der Waals surface area contributed by atoms with E-state index in [2.05, 4.69) is 46.9 Å². The molecule has 1 aromatic heterocycles. The van der Waals surface area contributed by atoms with E-state index in [9.17, 15) is 0 Å². The normalized spacial score (nSPS) is 10.5. The molecule has 0 amide bonds. The lowest BCUT2D eigenvalue weighted by molar-refractivity contribution is 0.668. The summed E-state index contributed by atoms with van der Waals surface area (Å²) in [5, 5.41) is 11.5. The van der Waals surface area contributed by atoms with Gasteiger partial charge in [0.15, 0.2) is 10.9 Å². The van der Waals surface area contributed by atoms with Crippen LogP contribution in [-0.4, -0.2) is 14.9 Å². The molecule has 4 nitrogen and oxygen atoms in total. The van der Waals surface area contributed by atoms with Crippen LogP contribution in [0.1, 0.15) is 23.7 Å². The number of hydrogen-bond acceptors (Lipinski definition) is 2. The zero-order valence-electron chi connectivity index (χ0n) is 14.5. The summed E-state index contributed by atoms with van der Waals surface area (Å²) in [6.07, 6.45) is 1.03. The van der Waals surface area contributed by atoms with E-state index in [1.807, 2.05) is 48.0 Å². The highest BCUT2D eigenvalue weighted by Crippen LogP contribution is 2.13. The maximum atomic E-state index is 5.39. The molecule has 25 heavy (non-hydrogen) atoms. The monoisotopic (exact) mass is 350 g/mol. The van der Waals surface area contributed by atoms with Crippen molar-refractivity contribution in [3.05, 3.63) is 77.5 Å². The highest BCUT2D eigenvalue weighted by atomic mass is 32.1. The van der Waals surface area contributed by atoms with Crippen LogP contribution >= 0.6 is 12.2 Å². The molecule has 0 saturated carbocycles. The van der Waals surface area contributed by atoms with Crippen molar-refractivity contribution in [2.45, 2.75) is 26.8 Å². The van der Waals surface area contributed by atoms with Gasteiger partial charge in [-0.3, -0.25) is 4.68 Å². The van der Waals surface area contributed by atoms with Crippen molar-refractivity contribution in [3.8, 4) is 0 Å². The van der Waals surface area contributed by atoms with E-state index in [1.165, 1.54) is 11.1 Å². The quantitative estimate of drug-likeness (QED) is 0.659. The molecule has 0 atom stereocenters. The maximum Gasteiger partial charge on any atom is 0.176 e. The zero-order chi connectivity index (χ0) is 17.6. The number of nitrogens with zero attached hydrogens (tertiary/aromatic N) is 2. The predicted molar refractivity (Wildman–Crippen MR) is 108 cm³/mol. The van der Waals surface area contributed by atoms with Crippen LogP contribution < -0.4 is 10.6 Å². The Morgan fingerprint density at radius 2 is 1.72 bits per heavy atom. The van der Waals surface area contributed by atoms with E-state index in [1.54, 1.807) is 0 Å². The van der Waals surface area contributed by atoms with E-state index in [-0.39, 0.29) is 0 Å². The summed E-state index contributed by atoms with van der Waals surface area (Å²) in [5.74, 6) is 0.746. The van der Waals surface area contributed by atoms with Crippen molar-refractivity contribution in [3.63, 3.8) is 0 Å². The molecular formula is C20H22N4S. The van der Waals surface area contributed by atoms with Gasteiger partial charge in [-0.15, -0.1) is 0 Å². The molecule has 0 aliphatic rings. The molecule has 0 aliphatic carbocycles. The SMILES string of the molecule is CCc1ccc(NC(=S)Nc2cc(C)n(Cc3ccccc3)n2)cc1. The van der Waals surface area contributed by atoms with Crippen LogP contribution in [0.4, 0.5) is 11.5 Å². The smallest absolute Gasteiger partial charge is 0.176 e. The molecule has 0 radical (unpaired) electrons. The first-order valence-corrected chi connectivity index (χ1v) is 8.80. The van der Waals surface area contributed by atoms with Crippen LogP contribution in [0, 0.1) is 6.92 Å². The number of nitrogens with one attached hydrogen (secondary N) is 2. The first-order valence-electron chi connectivity index (χ1n) is 8.39. The highest BCUT2D eigenvalue weighted by molar-refractivity contribution is 7.80. The fourth-order valence-corrected chi connectivity index (χ4v) is 2.81. The molecule has 3 rings (SSSR count). The molecule has 0 saturated heterocycles. The molecule has 5 heteroatoms. The molecule has 2 aromatic carbocycles. The summed E-state index contributed by atoms with van der Waals surface area (Å²) in [7, 11) is 0. The number of hydrogen-bond donors (Lipinski definition) is 2. The lowest BCUT2D eigenvalue weighted by Gasteiger charge is -2.09. The Labute approximate surface area is 153 Å².